The third kappa shape index (κ3) is 5.92. The molecule has 4 rings (SSSR count). The van der Waals surface area contributed by atoms with Crippen LogP contribution in [0.3, 0.4) is 0 Å². The normalized spacial score (nSPS) is 11.3. The summed E-state index contributed by atoms with van der Waals surface area (Å²) in [7, 11) is -1.09. The third-order valence-electron chi connectivity index (χ3n) is 4.71. The van der Waals surface area contributed by atoms with E-state index in [1.807, 2.05) is 18.2 Å². The van der Waals surface area contributed by atoms with Crippen LogP contribution in [-0.4, -0.2) is 37.6 Å². The fourth-order valence-corrected chi connectivity index (χ4v) is 3.88. The maximum absolute atomic E-state index is 13.0. The summed E-state index contributed by atoms with van der Waals surface area (Å²) in [6.45, 7) is 0. The number of rotatable bonds is 9. The Balaban J connectivity index is 1.79. The van der Waals surface area contributed by atoms with Gasteiger partial charge in [-0.1, -0.05) is 42.5 Å². The lowest BCUT2D eigenvalue weighted by molar-refractivity contribution is 0.348. The molecule has 2 heterocycles. The van der Waals surface area contributed by atoms with Crippen molar-refractivity contribution in [2.45, 2.75) is 0 Å². The average Bonchev–Trinajstić information content (AvgIpc) is 2.89. The van der Waals surface area contributed by atoms with Gasteiger partial charge >= 0.3 is 0 Å². The van der Waals surface area contributed by atoms with E-state index in [9.17, 15) is 8.42 Å². The maximum Gasteiger partial charge on any atom is 0.263 e. The highest BCUT2D eigenvalue weighted by Crippen LogP contribution is 2.41. The van der Waals surface area contributed by atoms with E-state index >= 15 is 0 Å². The van der Waals surface area contributed by atoms with Crippen molar-refractivity contribution in [3.8, 4) is 34.5 Å². The second-order valence-corrected chi connectivity index (χ2v) is 8.66. The SMILES string of the molecule is COc1ccccc1Oc1c(NS(=O)(=O)C=Cc2ccccc2)nc(-c2cccnc2)nc1OC. The van der Waals surface area contributed by atoms with Crippen LogP contribution >= 0.6 is 0 Å². The molecule has 9 nitrogen and oxygen atoms in total. The second kappa shape index (κ2) is 10.7. The Bertz CT molecular complexity index is 1430. The predicted molar refractivity (Wildman–Crippen MR) is 133 cm³/mol. The van der Waals surface area contributed by atoms with Gasteiger partial charge in [0.1, 0.15) is 0 Å². The molecule has 0 unspecified atom stereocenters. The van der Waals surface area contributed by atoms with Crippen LogP contribution in [-0.2, 0) is 10.0 Å². The van der Waals surface area contributed by atoms with Crippen LogP contribution in [0.2, 0.25) is 0 Å². The molecule has 0 saturated carbocycles. The highest BCUT2D eigenvalue weighted by molar-refractivity contribution is 7.95. The Labute approximate surface area is 203 Å². The molecule has 4 aromatic rings. The topological polar surface area (TPSA) is 113 Å². The number of hydrogen-bond acceptors (Lipinski definition) is 8. The van der Waals surface area contributed by atoms with Crippen molar-refractivity contribution in [3.05, 3.63) is 90.1 Å². The van der Waals surface area contributed by atoms with Crippen molar-refractivity contribution in [2.75, 3.05) is 18.9 Å². The minimum absolute atomic E-state index is 0.0227. The number of nitrogens with zero attached hydrogens (tertiary/aromatic N) is 3. The molecular weight excluding hydrogens is 468 g/mol. The van der Waals surface area contributed by atoms with Gasteiger partial charge in [-0.3, -0.25) is 9.71 Å². The van der Waals surface area contributed by atoms with Crippen LogP contribution in [0.25, 0.3) is 17.5 Å². The van der Waals surface area contributed by atoms with E-state index in [1.54, 1.807) is 60.9 Å². The summed E-state index contributed by atoms with van der Waals surface area (Å²) >= 11 is 0. The highest BCUT2D eigenvalue weighted by atomic mass is 32.2. The zero-order valence-corrected chi connectivity index (χ0v) is 19.8. The van der Waals surface area contributed by atoms with E-state index < -0.39 is 10.0 Å². The molecule has 178 valence electrons. The molecule has 0 radical (unpaired) electrons. The first kappa shape index (κ1) is 23.7. The van der Waals surface area contributed by atoms with Crippen molar-refractivity contribution < 1.29 is 22.6 Å². The van der Waals surface area contributed by atoms with Gasteiger partial charge in [-0.25, -0.2) is 13.4 Å². The first-order valence-electron chi connectivity index (χ1n) is 10.4. The lowest BCUT2D eigenvalue weighted by Gasteiger charge is -2.16. The number of para-hydroxylation sites is 2. The Morgan fingerprint density at radius 2 is 1.60 bits per heavy atom. The monoisotopic (exact) mass is 490 g/mol. The Morgan fingerprint density at radius 1 is 0.857 bits per heavy atom. The average molecular weight is 491 g/mol. The van der Waals surface area contributed by atoms with E-state index in [0.29, 0.717) is 17.1 Å². The zero-order valence-electron chi connectivity index (χ0n) is 19.0. The molecule has 0 atom stereocenters. The molecular formula is C25H22N4O5S. The first-order chi connectivity index (χ1) is 17.0. The summed E-state index contributed by atoms with van der Waals surface area (Å²) in [4.78, 5) is 12.9. The molecule has 0 aliphatic rings. The molecule has 0 aliphatic heterocycles. The van der Waals surface area contributed by atoms with Gasteiger partial charge in [0.25, 0.3) is 15.9 Å². The summed E-state index contributed by atoms with van der Waals surface area (Å²) in [6, 6.07) is 19.4. The number of hydrogen-bond donors (Lipinski definition) is 1. The molecule has 0 aliphatic carbocycles. The first-order valence-corrected chi connectivity index (χ1v) is 12.0. The van der Waals surface area contributed by atoms with Crippen molar-refractivity contribution in [1.82, 2.24) is 15.0 Å². The quantitative estimate of drug-likeness (QED) is 0.357. The Kier molecular flexibility index (Phi) is 7.22. The predicted octanol–water partition coefficient (Wildman–Crippen LogP) is 4.76. The van der Waals surface area contributed by atoms with Crippen molar-refractivity contribution in [3.63, 3.8) is 0 Å². The number of ether oxygens (including phenoxy) is 3. The summed E-state index contributed by atoms with van der Waals surface area (Å²) < 4.78 is 45.2. The molecule has 0 bridgehead atoms. The smallest absolute Gasteiger partial charge is 0.263 e. The fourth-order valence-electron chi connectivity index (χ4n) is 3.07. The van der Waals surface area contributed by atoms with Crippen LogP contribution in [0.5, 0.6) is 23.1 Å². The Hall–Kier alpha value is -4.44. The summed E-state index contributed by atoms with van der Waals surface area (Å²) in [5.74, 6) is 0.845. The number of pyridine rings is 1. The van der Waals surface area contributed by atoms with E-state index in [0.717, 1.165) is 11.0 Å². The van der Waals surface area contributed by atoms with Crippen molar-refractivity contribution >= 4 is 21.9 Å². The van der Waals surface area contributed by atoms with Gasteiger partial charge < -0.3 is 14.2 Å². The molecule has 2 aromatic heterocycles. The van der Waals surface area contributed by atoms with Gasteiger partial charge in [0, 0.05) is 18.0 Å². The lowest BCUT2D eigenvalue weighted by Crippen LogP contribution is -2.13. The van der Waals surface area contributed by atoms with Gasteiger partial charge in [-0.05, 0) is 35.9 Å². The standard InChI is InChI=1S/C25H22N4O5S/c1-32-20-12-6-7-13-21(20)34-22-24(29-35(30,31)16-14-18-9-4-3-5-10-18)27-23(28-25(22)33-2)19-11-8-15-26-17-19/h3-17H,1-2H3,(H,27,28,29). The molecule has 0 fully saturated rings. The molecule has 0 saturated heterocycles. The van der Waals surface area contributed by atoms with Crippen LogP contribution in [0, 0.1) is 0 Å². The number of methoxy groups -OCH3 is 2. The number of nitrogens with one attached hydrogen (secondary N) is 1. The van der Waals surface area contributed by atoms with Crippen LogP contribution in [0.15, 0.2) is 84.5 Å². The van der Waals surface area contributed by atoms with E-state index in [4.69, 9.17) is 14.2 Å². The van der Waals surface area contributed by atoms with E-state index in [1.165, 1.54) is 20.3 Å². The zero-order chi connectivity index (χ0) is 24.7. The van der Waals surface area contributed by atoms with Gasteiger partial charge in [-0.15, -0.1) is 0 Å². The number of benzene rings is 2. The minimum Gasteiger partial charge on any atom is -0.493 e. The van der Waals surface area contributed by atoms with Crippen LogP contribution < -0.4 is 18.9 Å². The second-order valence-electron chi connectivity index (χ2n) is 7.09. The molecule has 2 aromatic carbocycles. The Morgan fingerprint density at radius 3 is 2.29 bits per heavy atom. The van der Waals surface area contributed by atoms with Gasteiger partial charge in [0.05, 0.1) is 19.6 Å². The highest BCUT2D eigenvalue weighted by Gasteiger charge is 2.23. The molecule has 35 heavy (non-hydrogen) atoms. The van der Waals surface area contributed by atoms with Crippen molar-refractivity contribution in [1.29, 1.82) is 0 Å². The lowest BCUT2D eigenvalue weighted by atomic mass is 10.2. The molecule has 1 N–H and O–H groups in total. The molecule has 0 spiro atoms. The van der Waals surface area contributed by atoms with Gasteiger partial charge in [-0.2, -0.15) is 4.98 Å². The van der Waals surface area contributed by atoms with Crippen LogP contribution in [0.4, 0.5) is 5.82 Å². The van der Waals surface area contributed by atoms with Gasteiger partial charge in [0.15, 0.2) is 23.1 Å². The van der Waals surface area contributed by atoms with E-state index in [2.05, 4.69) is 19.7 Å². The number of anilines is 1. The fraction of sp³-hybridized carbons (Fsp3) is 0.0800. The van der Waals surface area contributed by atoms with E-state index in [-0.39, 0.29) is 23.3 Å². The number of sulfonamides is 1. The summed E-state index contributed by atoms with van der Waals surface area (Å²) in [6.07, 6.45) is 4.64. The number of aromatic nitrogens is 3. The summed E-state index contributed by atoms with van der Waals surface area (Å²) in [5, 5.41) is 1.05. The van der Waals surface area contributed by atoms with Crippen molar-refractivity contribution in [2.24, 2.45) is 0 Å². The summed E-state index contributed by atoms with van der Waals surface area (Å²) in [5.41, 5.74) is 1.29. The molecule has 10 heteroatoms. The van der Waals surface area contributed by atoms with Gasteiger partial charge in [0.2, 0.25) is 5.75 Å². The molecule has 0 amide bonds. The largest absolute Gasteiger partial charge is 0.493 e. The minimum atomic E-state index is -3.99. The maximum atomic E-state index is 13.0. The van der Waals surface area contributed by atoms with Crippen LogP contribution in [0.1, 0.15) is 5.56 Å². The third-order valence-corrected chi connectivity index (χ3v) is 5.68.